The van der Waals surface area contributed by atoms with Gasteiger partial charge in [-0.15, -0.1) is 0 Å². The molecule has 0 saturated carbocycles. The average molecular weight is 290 g/mol. The van der Waals surface area contributed by atoms with E-state index < -0.39 is 0 Å². The van der Waals surface area contributed by atoms with E-state index in [-0.39, 0.29) is 5.91 Å². The van der Waals surface area contributed by atoms with Crippen molar-refractivity contribution in [1.82, 2.24) is 4.90 Å². The summed E-state index contributed by atoms with van der Waals surface area (Å²) >= 11 is 0. The van der Waals surface area contributed by atoms with Gasteiger partial charge in [-0.2, -0.15) is 5.26 Å². The lowest BCUT2D eigenvalue weighted by molar-refractivity contribution is -0.125. The second kappa shape index (κ2) is 7.24. The maximum absolute atomic E-state index is 12.1. The number of carbonyl (C=O) groups is 1. The van der Waals surface area contributed by atoms with E-state index in [1.54, 1.807) is 30.2 Å². The fraction of sp³-hybridized carbons (Fsp3) is 0.158. The summed E-state index contributed by atoms with van der Waals surface area (Å²) in [6.45, 7) is 2.55. The SMILES string of the molecule is Cc1ccc(/C=C/C(=O)N(C)Cc2ccc(C#N)cc2)cc1. The summed E-state index contributed by atoms with van der Waals surface area (Å²) in [6.07, 6.45) is 3.39. The predicted octanol–water partition coefficient (Wildman–Crippen LogP) is 3.54. The summed E-state index contributed by atoms with van der Waals surface area (Å²) in [4.78, 5) is 13.7. The molecule has 1 amide bonds. The summed E-state index contributed by atoms with van der Waals surface area (Å²) < 4.78 is 0. The third kappa shape index (κ3) is 4.32. The van der Waals surface area contributed by atoms with Gasteiger partial charge in [-0.05, 0) is 36.3 Å². The third-order valence-corrected chi connectivity index (χ3v) is 3.37. The van der Waals surface area contributed by atoms with Crippen molar-refractivity contribution >= 4 is 12.0 Å². The third-order valence-electron chi connectivity index (χ3n) is 3.37. The van der Waals surface area contributed by atoms with Crippen molar-refractivity contribution in [2.75, 3.05) is 7.05 Å². The van der Waals surface area contributed by atoms with Crippen molar-refractivity contribution < 1.29 is 4.79 Å². The molecule has 110 valence electrons. The Hall–Kier alpha value is -2.86. The Morgan fingerprint density at radius 2 is 1.77 bits per heavy atom. The number of carbonyl (C=O) groups excluding carboxylic acids is 1. The van der Waals surface area contributed by atoms with Gasteiger partial charge >= 0.3 is 0 Å². The van der Waals surface area contributed by atoms with E-state index in [1.807, 2.05) is 49.4 Å². The first-order chi connectivity index (χ1) is 10.6. The molecule has 0 aromatic heterocycles. The maximum atomic E-state index is 12.1. The first-order valence-corrected chi connectivity index (χ1v) is 7.07. The number of rotatable bonds is 4. The number of hydrogen-bond donors (Lipinski definition) is 0. The number of likely N-dealkylation sites (N-methyl/N-ethyl adjacent to an activating group) is 1. The van der Waals surface area contributed by atoms with Crippen molar-refractivity contribution in [2.24, 2.45) is 0 Å². The van der Waals surface area contributed by atoms with Crippen LogP contribution in [0.3, 0.4) is 0 Å². The highest BCUT2D eigenvalue weighted by molar-refractivity contribution is 5.91. The minimum atomic E-state index is -0.0510. The topological polar surface area (TPSA) is 44.1 Å². The molecule has 3 nitrogen and oxygen atoms in total. The van der Waals surface area contributed by atoms with Crippen LogP contribution < -0.4 is 0 Å². The van der Waals surface area contributed by atoms with E-state index >= 15 is 0 Å². The average Bonchev–Trinajstić information content (AvgIpc) is 2.54. The zero-order chi connectivity index (χ0) is 15.9. The van der Waals surface area contributed by atoms with Gasteiger partial charge in [0.25, 0.3) is 0 Å². The zero-order valence-corrected chi connectivity index (χ0v) is 12.8. The minimum absolute atomic E-state index is 0.0510. The Morgan fingerprint density at radius 3 is 2.36 bits per heavy atom. The van der Waals surface area contributed by atoms with Gasteiger partial charge in [0.1, 0.15) is 0 Å². The van der Waals surface area contributed by atoms with E-state index in [0.717, 1.165) is 11.1 Å². The molecule has 0 spiro atoms. The van der Waals surface area contributed by atoms with Crippen molar-refractivity contribution in [3.05, 3.63) is 76.9 Å². The van der Waals surface area contributed by atoms with Gasteiger partial charge in [0.05, 0.1) is 11.6 Å². The van der Waals surface area contributed by atoms with Gasteiger partial charge in [-0.3, -0.25) is 4.79 Å². The monoisotopic (exact) mass is 290 g/mol. The normalized spacial score (nSPS) is 10.4. The molecule has 0 radical (unpaired) electrons. The highest BCUT2D eigenvalue weighted by Gasteiger charge is 2.05. The molecule has 0 fully saturated rings. The van der Waals surface area contributed by atoms with Crippen LogP contribution in [0.2, 0.25) is 0 Å². The fourth-order valence-corrected chi connectivity index (χ4v) is 2.01. The van der Waals surface area contributed by atoms with Gasteiger partial charge in [-0.25, -0.2) is 0 Å². The second-order valence-corrected chi connectivity index (χ2v) is 5.25. The molecule has 0 bridgehead atoms. The predicted molar refractivity (Wildman–Crippen MR) is 87.8 cm³/mol. The fourth-order valence-electron chi connectivity index (χ4n) is 2.01. The molecular formula is C19H18N2O. The van der Waals surface area contributed by atoms with Crippen LogP contribution in [0.25, 0.3) is 6.08 Å². The maximum Gasteiger partial charge on any atom is 0.246 e. The van der Waals surface area contributed by atoms with Crippen LogP contribution in [0.5, 0.6) is 0 Å². The lowest BCUT2D eigenvalue weighted by Crippen LogP contribution is -2.24. The van der Waals surface area contributed by atoms with Crippen LogP contribution >= 0.6 is 0 Å². The number of nitrogens with zero attached hydrogens (tertiary/aromatic N) is 2. The molecule has 0 aliphatic carbocycles. The highest BCUT2D eigenvalue weighted by Crippen LogP contribution is 2.08. The molecular weight excluding hydrogens is 272 g/mol. The van der Waals surface area contributed by atoms with Crippen LogP contribution in [0, 0.1) is 18.3 Å². The lowest BCUT2D eigenvalue weighted by atomic mass is 10.1. The van der Waals surface area contributed by atoms with Gasteiger partial charge in [0.15, 0.2) is 0 Å². The molecule has 0 saturated heterocycles. The minimum Gasteiger partial charge on any atom is -0.338 e. The van der Waals surface area contributed by atoms with E-state index in [2.05, 4.69) is 6.07 Å². The molecule has 2 aromatic carbocycles. The molecule has 2 aromatic rings. The molecule has 0 unspecified atom stereocenters. The van der Waals surface area contributed by atoms with Crippen molar-refractivity contribution in [3.63, 3.8) is 0 Å². The van der Waals surface area contributed by atoms with E-state index in [0.29, 0.717) is 12.1 Å². The van der Waals surface area contributed by atoms with Crippen molar-refractivity contribution in [3.8, 4) is 6.07 Å². The van der Waals surface area contributed by atoms with E-state index in [4.69, 9.17) is 5.26 Å². The Kier molecular flexibility index (Phi) is 5.11. The molecule has 3 heteroatoms. The molecule has 0 heterocycles. The largest absolute Gasteiger partial charge is 0.338 e. The van der Waals surface area contributed by atoms with Crippen molar-refractivity contribution in [2.45, 2.75) is 13.5 Å². The molecule has 0 aliphatic rings. The second-order valence-electron chi connectivity index (χ2n) is 5.25. The Morgan fingerprint density at radius 1 is 1.14 bits per heavy atom. The number of aryl methyl sites for hydroxylation is 1. The summed E-state index contributed by atoms with van der Waals surface area (Å²) in [5, 5.41) is 8.77. The van der Waals surface area contributed by atoms with Crippen LogP contribution in [0.15, 0.2) is 54.6 Å². The zero-order valence-electron chi connectivity index (χ0n) is 12.8. The molecule has 2 rings (SSSR count). The van der Waals surface area contributed by atoms with Gasteiger partial charge < -0.3 is 4.90 Å². The van der Waals surface area contributed by atoms with Crippen molar-refractivity contribution in [1.29, 1.82) is 5.26 Å². The summed E-state index contributed by atoms with van der Waals surface area (Å²) in [5.74, 6) is -0.0510. The highest BCUT2D eigenvalue weighted by atomic mass is 16.2. The summed E-state index contributed by atoms with van der Waals surface area (Å²) in [5.41, 5.74) is 3.82. The number of hydrogen-bond acceptors (Lipinski definition) is 2. The quantitative estimate of drug-likeness (QED) is 0.808. The lowest BCUT2D eigenvalue weighted by Gasteiger charge is -2.15. The van der Waals surface area contributed by atoms with Crippen LogP contribution in [0.4, 0.5) is 0 Å². The Labute approximate surface area is 131 Å². The number of nitriles is 1. The number of benzene rings is 2. The van der Waals surface area contributed by atoms with Crippen LogP contribution in [-0.2, 0) is 11.3 Å². The Bertz CT molecular complexity index is 707. The summed E-state index contributed by atoms with van der Waals surface area (Å²) in [7, 11) is 1.76. The summed E-state index contributed by atoms with van der Waals surface area (Å²) in [6, 6.07) is 17.3. The smallest absolute Gasteiger partial charge is 0.246 e. The molecule has 0 aliphatic heterocycles. The van der Waals surface area contributed by atoms with E-state index in [9.17, 15) is 4.79 Å². The van der Waals surface area contributed by atoms with Gasteiger partial charge in [-0.1, -0.05) is 42.0 Å². The molecule has 0 atom stereocenters. The van der Waals surface area contributed by atoms with Gasteiger partial charge in [0, 0.05) is 19.7 Å². The van der Waals surface area contributed by atoms with Crippen LogP contribution in [0.1, 0.15) is 22.3 Å². The first kappa shape index (κ1) is 15.5. The number of amides is 1. The van der Waals surface area contributed by atoms with Crippen LogP contribution in [-0.4, -0.2) is 17.9 Å². The van der Waals surface area contributed by atoms with E-state index in [1.165, 1.54) is 5.56 Å². The Balaban J connectivity index is 1.96. The molecule has 0 N–H and O–H groups in total. The molecule has 22 heavy (non-hydrogen) atoms. The van der Waals surface area contributed by atoms with Gasteiger partial charge in [0.2, 0.25) is 5.91 Å². The standard InChI is InChI=1S/C19H18N2O/c1-15-3-5-16(6-4-15)11-12-19(22)21(2)14-18-9-7-17(13-20)8-10-18/h3-12H,14H2,1-2H3/b12-11+. The first-order valence-electron chi connectivity index (χ1n) is 7.07.